The molecular formula is C15H22N2O2. The number of hydrogen-bond donors (Lipinski definition) is 2. The second-order valence-electron chi connectivity index (χ2n) is 5.75. The molecule has 1 aliphatic rings. The molecule has 104 valence electrons. The maximum atomic E-state index is 8.71. The Labute approximate surface area is 114 Å². The van der Waals surface area contributed by atoms with Crippen molar-refractivity contribution in [1.82, 2.24) is 0 Å². The van der Waals surface area contributed by atoms with E-state index >= 15 is 0 Å². The van der Waals surface area contributed by atoms with Gasteiger partial charge in [0.15, 0.2) is 0 Å². The van der Waals surface area contributed by atoms with Crippen LogP contribution in [0.5, 0.6) is 5.75 Å². The van der Waals surface area contributed by atoms with Crippen LogP contribution < -0.4 is 10.5 Å². The van der Waals surface area contributed by atoms with Crippen LogP contribution in [-0.4, -0.2) is 17.6 Å². The summed E-state index contributed by atoms with van der Waals surface area (Å²) in [7, 11) is 0. The summed E-state index contributed by atoms with van der Waals surface area (Å²) in [4.78, 5) is 0. The number of nitrogens with zero attached hydrogens (tertiary/aromatic N) is 1. The average molecular weight is 262 g/mol. The molecular weight excluding hydrogens is 240 g/mol. The number of benzene rings is 1. The van der Waals surface area contributed by atoms with E-state index < -0.39 is 0 Å². The quantitative estimate of drug-likeness (QED) is 0.371. The lowest BCUT2D eigenvalue weighted by molar-refractivity contribution is 0.259. The summed E-state index contributed by atoms with van der Waals surface area (Å²) in [5.41, 5.74) is 8.15. The van der Waals surface area contributed by atoms with Gasteiger partial charge in [-0.15, -0.1) is 0 Å². The first-order valence-electron chi connectivity index (χ1n) is 6.75. The first kappa shape index (κ1) is 13.7. The van der Waals surface area contributed by atoms with Gasteiger partial charge >= 0.3 is 0 Å². The summed E-state index contributed by atoms with van der Waals surface area (Å²) in [5, 5.41) is 11.8. The van der Waals surface area contributed by atoms with Crippen molar-refractivity contribution >= 4 is 5.84 Å². The van der Waals surface area contributed by atoms with Crippen LogP contribution in [0, 0.1) is 5.41 Å². The highest BCUT2D eigenvalue weighted by molar-refractivity contribution is 5.85. The maximum absolute atomic E-state index is 8.71. The molecule has 0 spiro atoms. The second kappa shape index (κ2) is 5.51. The Morgan fingerprint density at radius 1 is 1.37 bits per heavy atom. The van der Waals surface area contributed by atoms with Gasteiger partial charge in [-0.2, -0.15) is 0 Å². The van der Waals surface area contributed by atoms with E-state index in [0.717, 1.165) is 12.2 Å². The van der Waals surface area contributed by atoms with Gasteiger partial charge in [-0.3, -0.25) is 0 Å². The minimum absolute atomic E-state index is 0.241. The summed E-state index contributed by atoms with van der Waals surface area (Å²) in [6.45, 7) is 4.43. The smallest absolute Gasteiger partial charge is 0.144 e. The van der Waals surface area contributed by atoms with Crippen LogP contribution in [0.15, 0.2) is 23.4 Å². The lowest BCUT2D eigenvalue weighted by Gasteiger charge is -2.22. The van der Waals surface area contributed by atoms with E-state index in [-0.39, 0.29) is 11.3 Å². The molecule has 4 nitrogen and oxygen atoms in total. The van der Waals surface area contributed by atoms with E-state index in [2.05, 4.69) is 17.3 Å². The highest BCUT2D eigenvalue weighted by Gasteiger charge is 2.23. The fourth-order valence-corrected chi connectivity index (χ4v) is 2.33. The highest BCUT2D eigenvalue weighted by atomic mass is 16.5. The molecule has 0 saturated heterocycles. The molecule has 19 heavy (non-hydrogen) atoms. The Kier molecular flexibility index (Phi) is 3.98. The van der Waals surface area contributed by atoms with Crippen molar-refractivity contribution in [3.05, 3.63) is 29.3 Å². The summed E-state index contributed by atoms with van der Waals surface area (Å²) in [6, 6.07) is 6.33. The van der Waals surface area contributed by atoms with Gasteiger partial charge in [-0.05, 0) is 48.9 Å². The number of amidine groups is 1. The first-order chi connectivity index (χ1) is 9.03. The molecule has 0 saturated carbocycles. The van der Waals surface area contributed by atoms with Gasteiger partial charge in [-0.25, -0.2) is 0 Å². The van der Waals surface area contributed by atoms with E-state index in [9.17, 15) is 0 Å². The topological polar surface area (TPSA) is 67.8 Å². The molecule has 0 atom stereocenters. The largest absolute Gasteiger partial charge is 0.494 e. The van der Waals surface area contributed by atoms with E-state index in [1.165, 1.54) is 24.0 Å². The van der Waals surface area contributed by atoms with Crippen molar-refractivity contribution in [3.8, 4) is 5.75 Å². The average Bonchev–Trinajstić information content (AvgIpc) is 2.84. The van der Waals surface area contributed by atoms with Crippen molar-refractivity contribution in [2.45, 2.75) is 39.5 Å². The van der Waals surface area contributed by atoms with Crippen molar-refractivity contribution in [2.24, 2.45) is 16.3 Å². The fourth-order valence-electron chi connectivity index (χ4n) is 2.33. The molecule has 2 rings (SSSR count). The third-order valence-corrected chi connectivity index (χ3v) is 3.87. The van der Waals surface area contributed by atoms with Crippen LogP contribution in [-0.2, 0) is 12.8 Å². The Morgan fingerprint density at radius 2 is 2.11 bits per heavy atom. The SMILES string of the molecule is CC(C)(CCOc1ccc2c(c1)CCC2)C(N)=NO. The molecule has 0 bridgehead atoms. The van der Waals surface area contributed by atoms with Gasteiger partial charge in [-0.1, -0.05) is 25.1 Å². The second-order valence-corrected chi connectivity index (χ2v) is 5.75. The van der Waals surface area contributed by atoms with Crippen molar-refractivity contribution < 1.29 is 9.94 Å². The van der Waals surface area contributed by atoms with E-state index in [4.69, 9.17) is 15.7 Å². The molecule has 0 aromatic heterocycles. The molecule has 0 aliphatic heterocycles. The molecule has 0 unspecified atom stereocenters. The molecule has 0 amide bonds. The van der Waals surface area contributed by atoms with Crippen molar-refractivity contribution in [2.75, 3.05) is 6.61 Å². The third kappa shape index (κ3) is 3.19. The molecule has 1 aromatic carbocycles. The zero-order valence-corrected chi connectivity index (χ0v) is 11.6. The molecule has 0 heterocycles. The minimum atomic E-state index is -0.356. The van der Waals surface area contributed by atoms with Crippen LogP contribution >= 0.6 is 0 Å². The summed E-state index contributed by atoms with van der Waals surface area (Å²) in [6.07, 6.45) is 4.30. The van der Waals surface area contributed by atoms with Gasteiger partial charge in [0.25, 0.3) is 0 Å². The van der Waals surface area contributed by atoms with Gasteiger partial charge in [0.05, 0.1) is 6.61 Å². The van der Waals surface area contributed by atoms with Gasteiger partial charge in [0.2, 0.25) is 0 Å². The number of oxime groups is 1. The number of ether oxygens (including phenoxy) is 1. The summed E-state index contributed by atoms with van der Waals surface area (Å²) < 4.78 is 5.77. The maximum Gasteiger partial charge on any atom is 0.144 e. The number of rotatable bonds is 5. The predicted molar refractivity (Wildman–Crippen MR) is 75.8 cm³/mol. The van der Waals surface area contributed by atoms with Crippen molar-refractivity contribution in [1.29, 1.82) is 0 Å². The Morgan fingerprint density at radius 3 is 2.84 bits per heavy atom. The molecule has 4 heteroatoms. The molecule has 1 aromatic rings. The molecule has 3 N–H and O–H groups in total. The predicted octanol–water partition coefficient (Wildman–Crippen LogP) is 2.72. The zero-order chi connectivity index (χ0) is 13.9. The van der Waals surface area contributed by atoms with Crippen LogP contribution in [0.2, 0.25) is 0 Å². The number of fused-ring (bicyclic) bond motifs is 1. The van der Waals surface area contributed by atoms with Gasteiger partial charge in [0.1, 0.15) is 11.6 Å². The van der Waals surface area contributed by atoms with Crippen LogP contribution in [0.3, 0.4) is 0 Å². The monoisotopic (exact) mass is 262 g/mol. The number of aryl methyl sites for hydroxylation is 2. The molecule has 1 aliphatic carbocycles. The standard InChI is InChI=1S/C15H22N2O2/c1-15(2,14(16)17-18)8-9-19-13-7-6-11-4-3-5-12(11)10-13/h6-7,10,18H,3-5,8-9H2,1-2H3,(H2,16,17). The molecule has 0 fully saturated rings. The van der Waals surface area contributed by atoms with Gasteiger partial charge in [0, 0.05) is 5.41 Å². The lowest BCUT2D eigenvalue weighted by Crippen LogP contribution is -2.33. The van der Waals surface area contributed by atoms with Crippen LogP contribution in [0.25, 0.3) is 0 Å². The highest BCUT2D eigenvalue weighted by Crippen LogP contribution is 2.27. The minimum Gasteiger partial charge on any atom is -0.494 e. The summed E-state index contributed by atoms with van der Waals surface area (Å²) >= 11 is 0. The number of hydrogen-bond acceptors (Lipinski definition) is 3. The number of nitrogens with two attached hydrogens (primary N) is 1. The summed E-state index contributed by atoms with van der Waals surface area (Å²) in [5.74, 6) is 1.15. The Balaban J connectivity index is 1.90. The van der Waals surface area contributed by atoms with Crippen LogP contribution in [0.4, 0.5) is 0 Å². The fraction of sp³-hybridized carbons (Fsp3) is 0.533. The lowest BCUT2D eigenvalue weighted by atomic mass is 9.88. The Hall–Kier alpha value is -1.71. The molecule has 0 radical (unpaired) electrons. The normalized spacial score (nSPS) is 15.4. The van der Waals surface area contributed by atoms with Crippen LogP contribution in [0.1, 0.15) is 37.8 Å². The van der Waals surface area contributed by atoms with E-state index in [1.807, 2.05) is 19.9 Å². The van der Waals surface area contributed by atoms with E-state index in [0.29, 0.717) is 13.0 Å². The first-order valence-corrected chi connectivity index (χ1v) is 6.75. The van der Waals surface area contributed by atoms with Gasteiger partial charge < -0.3 is 15.7 Å². The Bertz CT molecular complexity index is 481. The van der Waals surface area contributed by atoms with E-state index in [1.54, 1.807) is 0 Å². The third-order valence-electron chi connectivity index (χ3n) is 3.87. The zero-order valence-electron chi connectivity index (χ0n) is 11.6. The van der Waals surface area contributed by atoms with Crippen molar-refractivity contribution in [3.63, 3.8) is 0 Å².